The molecule has 5 heteroatoms. The van der Waals surface area contributed by atoms with E-state index in [0.717, 1.165) is 12.1 Å². The number of rotatable bonds is 3. The van der Waals surface area contributed by atoms with E-state index in [9.17, 15) is 8.42 Å². The summed E-state index contributed by atoms with van der Waals surface area (Å²) < 4.78 is 22.0. The normalized spacial score (nSPS) is 17.8. The third-order valence-electron chi connectivity index (χ3n) is 3.05. The van der Waals surface area contributed by atoms with E-state index in [0.29, 0.717) is 5.92 Å². The minimum Gasteiger partial charge on any atom is -0.260 e. The van der Waals surface area contributed by atoms with E-state index in [1.807, 2.05) is 0 Å². The van der Waals surface area contributed by atoms with Gasteiger partial charge in [-0.2, -0.15) is 0 Å². The van der Waals surface area contributed by atoms with Crippen molar-refractivity contribution in [1.29, 1.82) is 0 Å². The van der Waals surface area contributed by atoms with E-state index >= 15 is 0 Å². The Morgan fingerprint density at radius 2 is 2.00 bits per heavy atom. The highest BCUT2D eigenvalue weighted by atomic mass is 35.7. The highest BCUT2D eigenvalue weighted by Gasteiger charge is 2.16. The molecule has 1 saturated carbocycles. The molecule has 0 bridgehead atoms. The molecule has 1 aromatic rings. The third-order valence-corrected chi connectivity index (χ3v) is 4.39. The van der Waals surface area contributed by atoms with Crippen LogP contribution in [0.5, 0.6) is 0 Å². The van der Waals surface area contributed by atoms with Crippen LogP contribution in [0.15, 0.2) is 23.2 Å². The summed E-state index contributed by atoms with van der Waals surface area (Å²) in [6.45, 7) is 0. The van der Waals surface area contributed by atoms with Crippen molar-refractivity contribution in [2.75, 3.05) is 0 Å². The fourth-order valence-electron chi connectivity index (χ4n) is 2.19. The van der Waals surface area contributed by atoms with Crippen LogP contribution >= 0.6 is 10.7 Å². The van der Waals surface area contributed by atoms with Crippen molar-refractivity contribution in [3.05, 3.63) is 24.0 Å². The molecular weight excluding hydrogens is 246 g/mol. The maximum absolute atomic E-state index is 11.0. The van der Waals surface area contributed by atoms with Crippen molar-refractivity contribution in [3.63, 3.8) is 0 Å². The Morgan fingerprint density at radius 3 is 2.50 bits per heavy atom. The number of aromatic nitrogens is 1. The quantitative estimate of drug-likeness (QED) is 0.784. The average Bonchev–Trinajstić information content (AvgIpc) is 2.70. The van der Waals surface area contributed by atoms with Gasteiger partial charge in [-0.05, 0) is 24.5 Å². The largest absolute Gasteiger partial charge is 0.262 e. The van der Waals surface area contributed by atoms with Crippen molar-refractivity contribution in [1.82, 2.24) is 4.98 Å². The van der Waals surface area contributed by atoms with Gasteiger partial charge >= 0.3 is 0 Å². The second kappa shape index (κ2) is 4.72. The lowest BCUT2D eigenvalue weighted by atomic mass is 10.0. The number of hydrogen-bond donors (Lipinski definition) is 0. The lowest BCUT2D eigenvalue weighted by molar-refractivity contribution is 0.538. The molecule has 1 fully saturated rings. The van der Waals surface area contributed by atoms with Crippen molar-refractivity contribution >= 4 is 19.7 Å². The maximum atomic E-state index is 11.0. The van der Waals surface area contributed by atoms with E-state index < -0.39 is 9.05 Å². The summed E-state index contributed by atoms with van der Waals surface area (Å²) in [5.41, 5.74) is 0.955. The summed E-state index contributed by atoms with van der Waals surface area (Å²) in [6, 6.07) is 3.28. The average molecular weight is 260 g/mol. The van der Waals surface area contributed by atoms with Crippen LogP contribution in [0.3, 0.4) is 0 Å². The molecule has 0 aromatic carbocycles. The standard InChI is InChI=1S/C11H14ClNO2S/c12-16(14,15)11-6-5-10(13-8-11)7-9-3-1-2-4-9/h5-6,8-9H,1-4,7H2. The van der Waals surface area contributed by atoms with E-state index in [1.165, 1.54) is 37.9 Å². The molecule has 0 atom stereocenters. The Bertz CT molecular complexity index is 449. The van der Waals surface area contributed by atoms with E-state index in [-0.39, 0.29) is 4.90 Å². The van der Waals surface area contributed by atoms with Crippen molar-refractivity contribution in [2.24, 2.45) is 5.92 Å². The van der Waals surface area contributed by atoms with Crippen LogP contribution in [0.4, 0.5) is 0 Å². The molecule has 0 radical (unpaired) electrons. The Morgan fingerprint density at radius 1 is 1.31 bits per heavy atom. The lowest BCUT2D eigenvalue weighted by Gasteiger charge is -2.07. The maximum Gasteiger partial charge on any atom is 0.262 e. The van der Waals surface area contributed by atoms with Crippen LogP contribution in [0.1, 0.15) is 31.4 Å². The molecule has 0 spiro atoms. The monoisotopic (exact) mass is 259 g/mol. The molecule has 88 valence electrons. The van der Waals surface area contributed by atoms with Crippen LogP contribution in [0.25, 0.3) is 0 Å². The van der Waals surface area contributed by atoms with Crippen molar-refractivity contribution in [2.45, 2.75) is 37.0 Å². The second-order valence-electron chi connectivity index (χ2n) is 4.28. The number of hydrogen-bond acceptors (Lipinski definition) is 3. The molecule has 1 aliphatic rings. The smallest absolute Gasteiger partial charge is 0.260 e. The van der Waals surface area contributed by atoms with Gasteiger partial charge in [0.05, 0.1) is 0 Å². The molecule has 1 aliphatic carbocycles. The van der Waals surface area contributed by atoms with Crippen molar-refractivity contribution in [3.8, 4) is 0 Å². The summed E-state index contributed by atoms with van der Waals surface area (Å²) >= 11 is 0. The van der Waals surface area contributed by atoms with E-state index in [2.05, 4.69) is 4.98 Å². The zero-order valence-electron chi connectivity index (χ0n) is 8.89. The topological polar surface area (TPSA) is 47.0 Å². The summed E-state index contributed by atoms with van der Waals surface area (Å²) in [6.07, 6.45) is 7.42. The van der Waals surface area contributed by atoms with Gasteiger partial charge in [0.25, 0.3) is 9.05 Å². The summed E-state index contributed by atoms with van der Waals surface area (Å²) in [7, 11) is 1.58. The zero-order chi connectivity index (χ0) is 11.6. The molecular formula is C11H14ClNO2S. The van der Waals surface area contributed by atoms with Gasteiger partial charge in [-0.25, -0.2) is 8.42 Å². The molecule has 1 aromatic heterocycles. The zero-order valence-corrected chi connectivity index (χ0v) is 10.5. The van der Waals surface area contributed by atoms with Gasteiger partial charge < -0.3 is 0 Å². The SMILES string of the molecule is O=S(=O)(Cl)c1ccc(CC2CCCC2)nc1. The van der Waals surface area contributed by atoms with Crippen molar-refractivity contribution < 1.29 is 8.42 Å². The van der Waals surface area contributed by atoms with E-state index in [4.69, 9.17) is 10.7 Å². The minimum atomic E-state index is -3.64. The fraction of sp³-hybridized carbons (Fsp3) is 0.545. The molecule has 0 amide bonds. The molecule has 3 nitrogen and oxygen atoms in total. The number of halogens is 1. The predicted octanol–water partition coefficient (Wildman–Crippen LogP) is 2.74. The first-order chi connectivity index (χ1) is 7.55. The molecule has 0 saturated heterocycles. The Hall–Kier alpha value is -0.610. The van der Waals surface area contributed by atoms with Gasteiger partial charge in [-0.3, -0.25) is 4.98 Å². The highest BCUT2D eigenvalue weighted by molar-refractivity contribution is 8.13. The van der Waals surface area contributed by atoms with Gasteiger partial charge in [-0.15, -0.1) is 0 Å². The highest BCUT2D eigenvalue weighted by Crippen LogP contribution is 2.27. The first-order valence-electron chi connectivity index (χ1n) is 5.45. The third kappa shape index (κ3) is 2.95. The van der Waals surface area contributed by atoms with Crippen LogP contribution in [0.2, 0.25) is 0 Å². The Balaban J connectivity index is 2.07. The molecule has 16 heavy (non-hydrogen) atoms. The fourth-order valence-corrected chi connectivity index (χ4v) is 2.87. The van der Waals surface area contributed by atoms with Crippen LogP contribution < -0.4 is 0 Å². The summed E-state index contributed by atoms with van der Waals surface area (Å²) in [4.78, 5) is 4.22. The van der Waals surface area contributed by atoms with Crippen LogP contribution in [-0.4, -0.2) is 13.4 Å². The first-order valence-corrected chi connectivity index (χ1v) is 7.76. The molecule has 0 aliphatic heterocycles. The van der Waals surface area contributed by atoms with Crippen LogP contribution in [0, 0.1) is 5.92 Å². The van der Waals surface area contributed by atoms with Crippen LogP contribution in [-0.2, 0) is 15.5 Å². The van der Waals surface area contributed by atoms with Gasteiger partial charge in [-0.1, -0.05) is 25.7 Å². The molecule has 2 rings (SSSR count). The van der Waals surface area contributed by atoms with Gasteiger partial charge in [0.1, 0.15) is 4.90 Å². The van der Waals surface area contributed by atoms with Gasteiger partial charge in [0, 0.05) is 22.6 Å². The first kappa shape index (κ1) is 11.9. The second-order valence-corrected chi connectivity index (χ2v) is 6.84. The Labute approximate surface area is 100 Å². The number of nitrogens with zero attached hydrogens (tertiary/aromatic N) is 1. The number of pyridine rings is 1. The summed E-state index contributed by atoms with van der Waals surface area (Å²) in [5, 5.41) is 0. The predicted molar refractivity (Wildman–Crippen MR) is 62.9 cm³/mol. The van der Waals surface area contributed by atoms with Gasteiger partial charge in [0.15, 0.2) is 0 Å². The molecule has 0 N–H and O–H groups in total. The lowest BCUT2D eigenvalue weighted by Crippen LogP contribution is -2.01. The molecule has 1 heterocycles. The van der Waals surface area contributed by atoms with Gasteiger partial charge in [0.2, 0.25) is 0 Å². The summed E-state index contributed by atoms with van der Waals surface area (Å²) in [5.74, 6) is 0.714. The minimum absolute atomic E-state index is 0.0735. The molecule has 0 unspecified atom stereocenters. The Kier molecular flexibility index (Phi) is 3.50. The van der Waals surface area contributed by atoms with E-state index in [1.54, 1.807) is 6.07 Å².